The molecule has 11 heteroatoms. The molecule has 1 saturated carbocycles. The van der Waals surface area contributed by atoms with E-state index in [1.807, 2.05) is 32.0 Å². The van der Waals surface area contributed by atoms with Crippen LogP contribution in [0.4, 0.5) is 8.78 Å². The van der Waals surface area contributed by atoms with Crippen molar-refractivity contribution in [1.29, 1.82) is 0 Å². The third kappa shape index (κ3) is 9.90. The summed E-state index contributed by atoms with van der Waals surface area (Å²) in [5, 5.41) is -0.664. The normalized spacial score (nSPS) is 21.2. The fourth-order valence-electron chi connectivity index (χ4n) is 4.96. The summed E-state index contributed by atoms with van der Waals surface area (Å²) in [7, 11) is 3.06. The number of methoxy groups -OCH3 is 1. The molecule has 2 amide bonds. The zero-order valence-corrected chi connectivity index (χ0v) is 27.6. The highest BCUT2D eigenvalue weighted by atomic mass is 35.5. The standard InChI is InChI=1S/C30H32ClF2N3O3S.C2H6.CH5N/c1-18-25(33)10-9-22(32)16-24(31)28(40-18)30(38)36(23-6-4-3-5-7-23)17-21-14-19(8-11-27(21)39-2)20-12-13-35-26(15-20)29(34)37;2*1-2/h8-15,18,23H,3-7,16-17H2,1-2H3,(H2,34,37);1-2H3;2H2,1H3/b22-9+,25-10+,28-24+;;. The molecule has 44 heavy (non-hydrogen) atoms. The Hall–Kier alpha value is -3.21. The second-order valence-electron chi connectivity index (χ2n) is 9.88. The maximum Gasteiger partial charge on any atom is 0.267 e. The zero-order chi connectivity index (χ0) is 32.8. The van der Waals surface area contributed by atoms with Crippen molar-refractivity contribution in [2.75, 3.05) is 14.2 Å². The first-order chi connectivity index (χ1) is 21.2. The van der Waals surface area contributed by atoms with E-state index in [4.69, 9.17) is 22.1 Å². The van der Waals surface area contributed by atoms with Gasteiger partial charge in [0.25, 0.3) is 11.8 Å². The highest BCUT2D eigenvalue weighted by Crippen LogP contribution is 2.39. The Morgan fingerprint density at radius 1 is 1.07 bits per heavy atom. The van der Waals surface area contributed by atoms with Gasteiger partial charge in [-0.3, -0.25) is 14.6 Å². The third-order valence-corrected chi connectivity index (χ3v) is 8.78. The molecule has 1 aliphatic heterocycles. The fraction of sp³-hybridized carbons (Fsp3) is 0.424. The van der Waals surface area contributed by atoms with Gasteiger partial charge in [0.05, 0.1) is 17.3 Å². The molecule has 2 aromatic rings. The van der Waals surface area contributed by atoms with Crippen LogP contribution in [0.15, 0.2) is 70.3 Å². The number of carbonyl (C=O) groups excluding carboxylic acids is 2. The van der Waals surface area contributed by atoms with Crippen LogP contribution in [-0.2, 0) is 11.3 Å². The SMILES string of the molecule is CC.CN.COc1ccc(-c2ccnc(C(N)=O)c2)cc1CN(C(=O)/C1=C(\Cl)C/C(F)=C\C=C(\F)C(C)S1)C1CCCCC1. The second-order valence-corrected chi connectivity index (χ2v) is 11.7. The monoisotopic (exact) mass is 648 g/mol. The van der Waals surface area contributed by atoms with Crippen molar-refractivity contribution in [2.24, 2.45) is 11.5 Å². The van der Waals surface area contributed by atoms with Crippen LogP contribution in [0.2, 0.25) is 0 Å². The summed E-state index contributed by atoms with van der Waals surface area (Å²) in [6, 6.07) is 8.88. The van der Waals surface area contributed by atoms with Crippen molar-refractivity contribution in [3.05, 3.63) is 81.5 Å². The van der Waals surface area contributed by atoms with E-state index >= 15 is 0 Å². The molecule has 0 radical (unpaired) electrons. The number of carbonyl (C=O) groups is 2. The predicted molar refractivity (Wildman–Crippen MR) is 177 cm³/mol. The molecule has 0 saturated heterocycles. The Morgan fingerprint density at radius 2 is 1.73 bits per heavy atom. The molecule has 7 nitrogen and oxygen atoms in total. The van der Waals surface area contributed by atoms with E-state index in [2.05, 4.69) is 10.7 Å². The van der Waals surface area contributed by atoms with Gasteiger partial charge in [-0.2, -0.15) is 0 Å². The lowest BCUT2D eigenvalue weighted by atomic mass is 9.93. The van der Waals surface area contributed by atoms with Gasteiger partial charge < -0.3 is 21.1 Å². The smallest absolute Gasteiger partial charge is 0.267 e. The number of pyridine rings is 1. The first kappa shape index (κ1) is 37.0. The Balaban J connectivity index is 0.00000162. The molecule has 1 aromatic heterocycles. The topological polar surface area (TPSA) is 112 Å². The van der Waals surface area contributed by atoms with E-state index in [9.17, 15) is 18.4 Å². The molecule has 240 valence electrons. The maximum atomic E-state index is 14.6. The van der Waals surface area contributed by atoms with E-state index in [0.717, 1.165) is 72.7 Å². The first-order valence-electron chi connectivity index (χ1n) is 14.8. The molecule has 1 unspecified atom stereocenters. The summed E-state index contributed by atoms with van der Waals surface area (Å²) < 4.78 is 34.7. The number of benzene rings is 1. The molecule has 0 spiro atoms. The van der Waals surface area contributed by atoms with Crippen LogP contribution in [0.3, 0.4) is 0 Å². The summed E-state index contributed by atoms with van der Waals surface area (Å²) >= 11 is 7.55. The summed E-state index contributed by atoms with van der Waals surface area (Å²) in [5.74, 6) is -1.56. The van der Waals surface area contributed by atoms with Gasteiger partial charge in [-0.05, 0) is 74.4 Å². The molecule has 1 aliphatic carbocycles. The molecule has 1 fully saturated rings. The van der Waals surface area contributed by atoms with E-state index in [0.29, 0.717) is 5.75 Å². The average molecular weight is 649 g/mol. The van der Waals surface area contributed by atoms with Crippen molar-refractivity contribution in [1.82, 2.24) is 9.88 Å². The number of rotatable bonds is 7. The minimum Gasteiger partial charge on any atom is -0.496 e. The van der Waals surface area contributed by atoms with Crippen LogP contribution in [0.1, 0.15) is 75.3 Å². The Morgan fingerprint density at radius 3 is 2.36 bits per heavy atom. The Labute approximate surface area is 268 Å². The van der Waals surface area contributed by atoms with Crippen LogP contribution in [0, 0.1) is 0 Å². The highest BCUT2D eigenvalue weighted by molar-refractivity contribution is 8.04. The number of primary amides is 1. The number of nitrogens with two attached hydrogens (primary N) is 2. The van der Waals surface area contributed by atoms with Crippen molar-refractivity contribution >= 4 is 35.2 Å². The Kier molecular flexibility index (Phi) is 15.6. The van der Waals surface area contributed by atoms with Gasteiger partial charge >= 0.3 is 0 Å². The predicted octanol–water partition coefficient (Wildman–Crippen LogP) is 7.80. The molecule has 0 bridgehead atoms. The van der Waals surface area contributed by atoms with Gasteiger partial charge in [0.15, 0.2) is 0 Å². The summed E-state index contributed by atoms with van der Waals surface area (Å²) in [6.45, 7) is 5.82. The molecule has 2 aliphatic rings. The van der Waals surface area contributed by atoms with Gasteiger partial charge in [-0.1, -0.05) is 50.8 Å². The van der Waals surface area contributed by atoms with Gasteiger partial charge in [0.1, 0.15) is 23.1 Å². The lowest BCUT2D eigenvalue weighted by Gasteiger charge is -2.36. The van der Waals surface area contributed by atoms with Gasteiger partial charge in [0.2, 0.25) is 0 Å². The van der Waals surface area contributed by atoms with Gasteiger partial charge in [0, 0.05) is 35.8 Å². The van der Waals surface area contributed by atoms with E-state index in [-0.39, 0.29) is 40.5 Å². The van der Waals surface area contributed by atoms with Crippen molar-refractivity contribution < 1.29 is 23.1 Å². The molecular weight excluding hydrogens is 606 g/mol. The molecule has 4 N–H and O–H groups in total. The lowest BCUT2D eigenvalue weighted by Crippen LogP contribution is -2.41. The third-order valence-electron chi connectivity index (χ3n) is 7.11. The quantitative estimate of drug-likeness (QED) is 0.317. The van der Waals surface area contributed by atoms with Crippen LogP contribution in [0.25, 0.3) is 11.1 Å². The minimum absolute atomic E-state index is 0.0518. The molecule has 1 aromatic carbocycles. The van der Waals surface area contributed by atoms with Crippen LogP contribution >= 0.6 is 23.4 Å². The van der Waals surface area contributed by atoms with Crippen molar-refractivity contribution in [3.63, 3.8) is 0 Å². The molecule has 4 rings (SSSR count). The van der Waals surface area contributed by atoms with Gasteiger partial charge in [-0.25, -0.2) is 8.78 Å². The number of hydrogen-bond acceptors (Lipinski definition) is 6. The van der Waals surface area contributed by atoms with Gasteiger partial charge in [-0.15, -0.1) is 11.8 Å². The zero-order valence-electron chi connectivity index (χ0n) is 26.0. The summed E-state index contributed by atoms with van der Waals surface area (Å²) in [6.07, 6.45) is 8.04. The molecular formula is C33H43ClF2N4O3S. The second kappa shape index (κ2) is 18.6. The number of halogens is 3. The van der Waals surface area contributed by atoms with Crippen molar-refractivity contribution in [2.45, 2.75) is 77.1 Å². The number of allylic oxidation sites excluding steroid dienone is 4. The lowest BCUT2D eigenvalue weighted by molar-refractivity contribution is -0.130. The number of aromatic nitrogens is 1. The van der Waals surface area contributed by atoms with E-state index in [1.54, 1.807) is 31.1 Å². The molecule has 2 heterocycles. The van der Waals surface area contributed by atoms with Crippen LogP contribution in [-0.4, -0.2) is 47.1 Å². The number of amides is 2. The fourth-order valence-corrected chi connectivity index (χ4v) is 6.26. The summed E-state index contributed by atoms with van der Waals surface area (Å²) in [5.41, 5.74) is 12.3. The number of nitrogens with zero attached hydrogens (tertiary/aromatic N) is 2. The number of hydrogen-bond donors (Lipinski definition) is 2. The summed E-state index contributed by atoms with van der Waals surface area (Å²) in [4.78, 5) is 31.8. The van der Waals surface area contributed by atoms with E-state index in [1.165, 1.54) is 13.2 Å². The number of thioether (sulfide) groups is 1. The maximum absolute atomic E-state index is 14.6. The minimum atomic E-state index is -0.716. The Bertz CT molecular complexity index is 1380. The van der Waals surface area contributed by atoms with Crippen LogP contribution in [0.5, 0.6) is 5.75 Å². The van der Waals surface area contributed by atoms with Crippen LogP contribution < -0.4 is 16.2 Å². The first-order valence-corrected chi connectivity index (χ1v) is 16.0. The van der Waals surface area contributed by atoms with Crippen molar-refractivity contribution in [3.8, 4) is 16.9 Å². The highest BCUT2D eigenvalue weighted by Gasteiger charge is 2.32. The largest absolute Gasteiger partial charge is 0.496 e. The average Bonchev–Trinajstić information content (AvgIpc) is 3.10. The number of ether oxygens (including phenoxy) is 1. The van der Waals surface area contributed by atoms with E-state index < -0.39 is 22.8 Å². The molecule has 1 atom stereocenters.